The first kappa shape index (κ1) is 15.3. The van der Waals surface area contributed by atoms with Crippen LogP contribution in [0.25, 0.3) is 0 Å². The van der Waals surface area contributed by atoms with Crippen molar-refractivity contribution >= 4 is 8.32 Å². The molecule has 0 bridgehead atoms. The van der Waals surface area contributed by atoms with E-state index in [1.54, 1.807) is 6.08 Å². The van der Waals surface area contributed by atoms with Crippen molar-refractivity contribution < 1.29 is 4.43 Å². The molecular weight excluding hydrogens is 212 g/mol. The summed E-state index contributed by atoms with van der Waals surface area (Å²) in [6.45, 7) is 17.2. The normalized spacial score (nSPS) is 11.6. The fourth-order valence-electron chi connectivity index (χ4n) is 2.59. The second kappa shape index (κ2) is 6.80. The highest BCUT2D eigenvalue weighted by Crippen LogP contribution is 2.41. The average Bonchev–Trinajstić information content (AvgIpc) is 2.16. The topological polar surface area (TPSA) is 9.23 Å². The molecule has 0 aromatic carbocycles. The van der Waals surface area contributed by atoms with Crippen LogP contribution in [0.4, 0.5) is 0 Å². The molecule has 92 valence electrons. The molecule has 0 amide bonds. The summed E-state index contributed by atoms with van der Waals surface area (Å²) >= 11 is 0. The van der Waals surface area contributed by atoms with Gasteiger partial charge in [-0.2, -0.15) is 0 Å². The standard InChI is InChI=1S/C14H26OSi/c1-8-9-10-11-15-16(12(2)3,13(4)5)14(6)7/h8,12-14H,1,9H2,2-7H3. The van der Waals surface area contributed by atoms with Crippen molar-refractivity contribution in [2.24, 2.45) is 0 Å². The summed E-state index contributed by atoms with van der Waals surface area (Å²) < 4.78 is 6.05. The molecule has 16 heavy (non-hydrogen) atoms. The van der Waals surface area contributed by atoms with E-state index >= 15 is 0 Å². The molecule has 0 N–H and O–H groups in total. The molecular formula is C14H26OSi. The highest BCUT2D eigenvalue weighted by atomic mass is 28.4. The van der Waals surface area contributed by atoms with E-state index in [0.29, 0.717) is 23.0 Å². The lowest BCUT2D eigenvalue weighted by Gasteiger charge is -2.39. The molecule has 0 saturated carbocycles. The van der Waals surface area contributed by atoms with Crippen molar-refractivity contribution in [1.29, 1.82) is 0 Å². The van der Waals surface area contributed by atoms with Crippen LogP contribution in [-0.2, 0) is 4.43 Å². The Hall–Kier alpha value is -0.683. The second-order valence-corrected chi connectivity index (χ2v) is 10.6. The van der Waals surface area contributed by atoms with Crippen LogP contribution >= 0.6 is 0 Å². The van der Waals surface area contributed by atoms with Gasteiger partial charge in [0.05, 0.1) is 6.11 Å². The van der Waals surface area contributed by atoms with Crippen LogP contribution in [0.5, 0.6) is 0 Å². The SMILES string of the molecule is C=CCC#CO[Si](C(C)C)(C(C)C)C(C)C. The van der Waals surface area contributed by atoms with Crippen LogP contribution in [0.1, 0.15) is 48.0 Å². The Kier molecular flexibility index (Phi) is 6.51. The van der Waals surface area contributed by atoms with Gasteiger partial charge in [-0.3, -0.25) is 0 Å². The monoisotopic (exact) mass is 238 g/mol. The summed E-state index contributed by atoms with van der Waals surface area (Å²) in [6.07, 6.45) is 5.42. The van der Waals surface area contributed by atoms with Gasteiger partial charge in [0.25, 0.3) is 8.32 Å². The molecule has 0 atom stereocenters. The summed E-state index contributed by atoms with van der Waals surface area (Å²) in [6, 6.07) is 0. The zero-order chi connectivity index (χ0) is 12.8. The van der Waals surface area contributed by atoms with E-state index in [4.69, 9.17) is 4.43 Å². The lowest BCUT2D eigenvalue weighted by molar-refractivity contribution is 0.446. The molecule has 0 rings (SSSR count). The van der Waals surface area contributed by atoms with Crippen LogP contribution in [0.15, 0.2) is 12.7 Å². The Morgan fingerprint density at radius 1 is 1.06 bits per heavy atom. The molecule has 0 radical (unpaired) electrons. The van der Waals surface area contributed by atoms with Gasteiger partial charge in [0.15, 0.2) is 0 Å². The third kappa shape index (κ3) is 3.42. The van der Waals surface area contributed by atoms with Crippen LogP contribution in [0, 0.1) is 12.0 Å². The van der Waals surface area contributed by atoms with Crippen LogP contribution < -0.4 is 0 Å². The van der Waals surface area contributed by atoms with E-state index in [9.17, 15) is 0 Å². The molecule has 0 aliphatic rings. The largest absolute Gasteiger partial charge is 0.500 e. The Morgan fingerprint density at radius 2 is 1.50 bits per heavy atom. The van der Waals surface area contributed by atoms with E-state index in [0.717, 1.165) is 0 Å². The van der Waals surface area contributed by atoms with E-state index < -0.39 is 8.32 Å². The molecule has 0 aromatic heterocycles. The number of hydrogen-bond acceptors (Lipinski definition) is 1. The first-order valence-corrected chi connectivity index (χ1v) is 8.30. The van der Waals surface area contributed by atoms with E-state index in [1.165, 1.54) is 0 Å². The minimum absolute atomic E-state index is 0.588. The van der Waals surface area contributed by atoms with Crippen molar-refractivity contribution in [3.63, 3.8) is 0 Å². The van der Waals surface area contributed by atoms with Crippen molar-refractivity contribution in [2.45, 2.75) is 64.6 Å². The minimum atomic E-state index is -1.79. The lowest BCUT2D eigenvalue weighted by Crippen LogP contribution is -2.46. The molecule has 0 unspecified atom stereocenters. The van der Waals surface area contributed by atoms with Gasteiger partial charge in [-0.1, -0.05) is 53.5 Å². The summed E-state index contributed by atoms with van der Waals surface area (Å²) in [5, 5.41) is 0. The maximum absolute atomic E-state index is 6.05. The van der Waals surface area contributed by atoms with Crippen LogP contribution in [0.3, 0.4) is 0 Å². The molecule has 0 fully saturated rings. The lowest BCUT2D eigenvalue weighted by atomic mass is 10.4. The predicted molar refractivity (Wildman–Crippen MR) is 74.7 cm³/mol. The highest BCUT2D eigenvalue weighted by Gasteiger charge is 2.46. The summed E-state index contributed by atoms with van der Waals surface area (Å²) in [4.78, 5) is 0. The van der Waals surface area contributed by atoms with E-state index in [2.05, 4.69) is 60.1 Å². The van der Waals surface area contributed by atoms with E-state index in [-0.39, 0.29) is 0 Å². The first-order valence-electron chi connectivity index (χ1n) is 6.16. The Labute approximate surface area is 102 Å². The molecule has 0 aromatic rings. The fourth-order valence-corrected chi connectivity index (χ4v) is 7.55. The zero-order valence-corrected chi connectivity index (χ0v) is 12.6. The molecule has 0 aliphatic carbocycles. The zero-order valence-electron chi connectivity index (χ0n) is 11.6. The van der Waals surface area contributed by atoms with Crippen molar-refractivity contribution in [3.8, 4) is 12.0 Å². The molecule has 0 saturated heterocycles. The Balaban J connectivity index is 4.93. The smallest absolute Gasteiger partial charge is 0.272 e. The van der Waals surface area contributed by atoms with Gasteiger partial charge in [0.1, 0.15) is 0 Å². The third-order valence-electron chi connectivity index (χ3n) is 3.25. The Bertz CT molecular complexity index is 246. The number of rotatable bonds is 5. The maximum atomic E-state index is 6.05. The molecule has 2 heteroatoms. The van der Waals surface area contributed by atoms with Gasteiger partial charge >= 0.3 is 0 Å². The van der Waals surface area contributed by atoms with Gasteiger partial charge in [0.2, 0.25) is 0 Å². The van der Waals surface area contributed by atoms with Crippen LogP contribution in [0.2, 0.25) is 16.6 Å². The maximum Gasteiger partial charge on any atom is 0.272 e. The summed E-state index contributed by atoms with van der Waals surface area (Å²) in [7, 11) is -1.79. The van der Waals surface area contributed by atoms with Gasteiger partial charge in [-0.25, -0.2) is 0 Å². The average molecular weight is 238 g/mol. The predicted octanol–water partition coefficient (Wildman–Crippen LogP) is 4.72. The molecule has 0 spiro atoms. The summed E-state index contributed by atoms with van der Waals surface area (Å²) in [5.41, 5.74) is 1.77. The molecule has 1 nitrogen and oxygen atoms in total. The first-order chi connectivity index (χ1) is 7.39. The van der Waals surface area contributed by atoms with Gasteiger partial charge < -0.3 is 4.43 Å². The van der Waals surface area contributed by atoms with Gasteiger partial charge in [0, 0.05) is 6.42 Å². The van der Waals surface area contributed by atoms with Gasteiger partial charge in [-0.05, 0) is 16.6 Å². The van der Waals surface area contributed by atoms with Crippen molar-refractivity contribution in [3.05, 3.63) is 12.7 Å². The number of allylic oxidation sites excluding steroid dienone is 1. The van der Waals surface area contributed by atoms with Crippen molar-refractivity contribution in [2.75, 3.05) is 0 Å². The Morgan fingerprint density at radius 3 is 1.81 bits per heavy atom. The fraction of sp³-hybridized carbons (Fsp3) is 0.714. The minimum Gasteiger partial charge on any atom is -0.500 e. The van der Waals surface area contributed by atoms with Crippen molar-refractivity contribution in [1.82, 2.24) is 0 Å². The quantitative estimate of drug-likeness (QED) is 0.383. The third-order valence-corrected chi connectivity index (χ3v) is 9.12. The van der Waals surface area contributed by atoms with Gasteiger partial charge in [-0.15, -0.1) is 6.58 Å². The summed E-state index contributed by atoms with van der Waals surface area (Å²) in [5.74, 6) is 3.00. The van der Waals surface area contributed by atoms with E-state index in [1.807, 2.05) is 0 Å². The molecule has 0 aliphatic heterocycles. The second-order valence-electron chi connectivity index (χ2n) is 5.19. The number of hydrogen-bond donors (Lipinski definition) is 0. The van der Waals surface area contributed by atoms with Crippen LogP contribution in [-0.4, -0.2) is 8.32 Å². The highest BCUT2D eigenvalue weighted by molar-refractivity contribution is 6.77. The molecule has 0 heterocycles.